The number of hydrogen-bond acceptors (Lipinski definition) is 7. The summed E-state index contributed by atoms with van der Waals surface area (Å²) >= 11 is 0. The molecule has 2 unspecified atom stereocenters. The summed E-state index contributed by atoms with van der Waals surface area (Å²) in [5.41, 5.74) is 0. The Labute approximate surface area is 142 Å². The zero-order chi connectivity index (χ0) is 19.5. The molecule has 2 atom stereocenters. The van der Waals surface area contributed by atoms with Gasteiger partial charge in [-0.25, -0.2) is 0 Å². The fourth-order valence-electron chi connectivity index (χ4n) is 1.50. The van der Waals surface area contributed by atoms with Gasteiger partial charge in [-0.05, 0) is 13.3 Å². The number of nitrogens with zero attached hydrogens (tertiary/aromatic N) is 1. The predicted octanol–water partition coefficient (Wildman–Crippen LogP) is 2.56. The molecule has 0 aliphatic rings. The van der Waals surface area contributed by atoms with Gasteiger partial charge in [0.1, 0.15) is 5.78 Å². The molecule has 0 radical (unpaired) electrons. The minimum atomic E-state index is -1.15. The van der Waals surface area contributed by atoms with E-state index < -0.39 is 14.3 Å². The first-order valence-corrected chi connectivity index (χ1v) is 8.75. The van der Waals surface area contributed by atoms with Gasteiger partial charge in [0.25, 0.3) is 0 Å². The highest BCUT2D eigenvalue weighted by Gasteiger charge is 2.15. The summed E-state index contributed by atoms with van der Waals surface area (Å²) in [5.74, 6) is -0.471. The quantitative estimate of drug-likeness (QED) is 0.291. The Kier molecular flexibility index (Phi) is 13.7. The Balaban J connectivity index is 0. The van der Waals surface area contributed by atoms with E-state index in [1.165, 1.54) is 14.3 Å². The van der Waals surface area contributed by atoms with Crippen molar-refractivity contribution in [3.63, 3.8) is 0 Å². The van der Waals surface area contributed by atoms with Gasteiger partial charge in [0.05, 0.1) is 38.2 Å². The Bertz CT molecular complexity index is 395. The van der Waals surface area contributed by atoms with Crippen LogP contribution in [0.2, 0.25) is 0 Å². The summed E-state index contributed by atoms with van der Waals surface area (Å²) < 4.78 is 28.6. The van der Waals surface area contributed by atoms with Crippen LogP contribution < -0.4 is 0 Å². The van der Waals surface area contributed by atoms with Crippen molar-refractivity contribution in [1.82, 2.24) is 0 Å². The van der Waals surface area contributed by atoms with Gasteiger partial charge in [-0.3, -0.25) is 4.79 Å². The number of ketones is 1. The zero-order valence-corrected chi connectivity index (χ0v) is 15.0. The van der Waals surface area contributed by atoms with E-state index in [-0.39, 0.29) is 37.9 Å². The summed E-state index contributed by atoms with van der Waals surface area (Å²) in [7, 11) is 0.102. The van der Waals surface area contributed by atoms with Crippen molar-refractivity contribution in [2.24, 2.45) is 0 Å². The lowest BCUT2D eigenvalue weighted by atomic mass is 10.2. The minimum absolute atomic E-state index is 0.0538. The molecule has 0 aromatic heterocycles. The normalized spacial score (nSPS) is 13.5. The molecule has 0 fully saturated rings. The van der Waals surface area contributed by atoms with Crippen molar-refractivity contribution >= 4 is 20.1 Å². The largest absolute Gasteiger partial charge is 0.466 e. The van der Waals surface area contributed by atoms with E-state index in [1.807, 2.05) is 6.07 Å². The second-order valence-corrected chi connectivity index (χ2v) is 5.96. The third-order valence-corrected chi connectivity index (χ3v) is 3.75. The molecule has 1 N–H and O–H groups in total. The summed E-state index contributed by atoms with van der Waals surface area (Å²) in [6.45, 7) is 3.87. The van der Waals surface area contributed by atoms with Gasteiger partial charge in [-0.2, -0.15) is 5.26 Å². The van der Waals surface area contributed by atoms with Crippen molar-refractivity contribution in [2.45, 2.75) is 52.5 Å². The molecular formula is C15H28NO6P. The van der Waals surface area contributed by atoms with Crippen molar-refractivity contribution in [2.75, 3.05) is 26.5 Å². The first-order chi connectivity index (χ1) is 12.0. The van der Waals surface area contributed by atoms with E-state index in [9.17, 15) is 9.59 Å². The van der Waals surface area contributed by atoms with E-state index in [0.717, 1.165) is 0 Å². The van der Waals surface area contributed by atoms with E-state index in [1.54, 1.807) is 6.66 Å². The molecule has 23 heavy (non-hydrogen) atoms. The Morgan fingerprint density at radius 1 is 1.43 bits per heavy atom. The number of hydrogen-bond donors (Lipinski definition) is 1. The molecular weight excluding hydrogens is 321 g/mol. The van der Waals surface area contributed by atoms with Gasteiger partial charge in [0.2, 0.25) is 1.43 Å². The standard InChI is InChI=1S/C14H24NO6P.CH4/c1-12(17)4-5-14(18)19-11-7-13(6-9-16)21-22(2)20-10-3-8-15;/h13,16H,3-7,9-11H2,1-2H3;1H4/i16D;1T. The zero-order valence-electron chi connectivity index (χ0n) is 16.1. The van der Waals surface area contributed by atoms with E-state index in [2.05, 4.69) is 5.11 Å². The molecule has 0 aromatic carbocycles. The van der Waals surface area contributed by atoms with Gasteiger partial charge in [0, 0.05) is 27.5 Å². The number of Topliss-reactive ketones (excluding diaryl/α,β-unsaturated/α-hetero) is 1. The molecule has 7 nitrogen and oxygen atoms in total. The number of nitriles is 1. The van der Waals surface area contributed by atoms with Gasteiger partial charge in [-0.15, -0.1) is 0 Å². The second-order valence-electron chi connectivity index (χ2n) is 4.61. The maximum absolute atomic E-state index is 11.4. The van der Waals surface area contributed by atoms with Crippen molar-refractivity contribution in [3.8, 4) is 6.07 Å². The second kappa shape index (κ2) is 15.8. The lowest BCUT2D eigenvalue weighted by molar-refractivity contribution is -0.145. The van der Waals surface area contributed by atoms with E-state index in [4.69, 9.17) is 21.8 Å². The fraction of sp³-hybridized carbons (Fsp3) is 0.800. The Morgan fingerprint density at radius 2 is 2.17 bits per heavy atom. The van der Waals surface area contributed by atoms with Crippen LogP contribution in [0.4, 0.5) is 0 Å². The number of aliphatic hydroxyl groups is 1. The van der Waals surface area contributed by atoms with Gasteiger partial charge in [0.15, 0.2) is 8.38 Å². The average molecular weight is 352 g/mol. The highest BCUT2D eigenvalue weighted by atomic mass is 31.2. The van der Waals surface area contributed by atoms with Gasteiger partial charge >= 0.3 is 5.97 Å². The van der Waals surface area contributed by atoms with Crippen LogP contribution in [-0.2, 0) is 23.4 Å². The number of carbonyl (C=O) groups is 2. The summed E-state index contributed by atoms with van der Waals surface area (Å²) in [6, 6.07) is 1.98. The van der Waals surface area contributed by atoms with Crippen molar-refractivity contribution in [3.05, 3.63) is 0 Å². The maximum atomic E-state index is 11.4. The molecule has 0 aliphatic carbocycles. The SMILES string of the molecule is [2H]OCCC(CCOC(=O)CCC(C)=O)OP(C)OCCC#N.[3H]C. The minimum Gasteiger partial charge on any atom is -0.466 e. The average Bonchev–Trinajstić information content (AvgIpc) is 2.59. The molecule has 134 valence electrons. The van der Waals surface area contributed by atoms with E-state index in [0.29, 0.717) is 25.9 Å². The van der Waals surface area contributed by atoms with Crippen LogP contribution in [0.25, 0.3) is 0 Å². The van der Waals surface area contributed by atoms with Crippen LogP contribution in [0.1, 0.15) is 47.8 Å². The van der Waals surface area contributed by atoms with Crippen LogP contribution in [0.15, 0.2) is 0 Å². The van der Waals surface area contributed by atoms with Crippen molar-refractivity contribution in [1.29, 1.82) is 6.69 Å². The molecule has 0 spiro atoms. The van der Waals surface area contributed by atoms with Gasteiger partial charge < -0.3 is 23.7 Å². The molecule has 8 heteroatoms. The number of carbonyl (C=O) groups excluding carboxylic acids is 2. The third kappa shape index (κ3) is 15.6. The number of rotatable bonds is 14. The molecule has 0 saturated heterocycles. The van der Waals surface area contributed by atoms with E-state index >= 15 is 0 Å². The first-order valence-electron chi connectivity index (χ1n) is 8.54. The monoisotopic (exact) mass is 352 g/mol. The molecule has 0 aromatic rings. The van der Waals surface area contributed by atoms with Crippen LogP contribution >= 0.6 is 8.38 Å². The van der Waals surface area contributed by atoms with Gasteiger partial charge in [-0.1, -0.05) is 7.40 Å². The fourth-order valence-corrected chi connectivity index (χ4v) is 2.54. The lowest BCUT2D eigenvalue weighted by Crippen LogP contribution is -2.17. The topological polar surface area (TPSA) is 106 Å². The smallest absolute Gasteiger partial charge is 0.306 e. The summed E-state index contributed by atoms with van der Waals surface area (Å²) in [5, 5.41) is 12.7. The number of esters is 1. The molecule has 0 saturated carbocycles. The molecule has 0 bridgehead atoms. The molecule has 0 rings (SSSR count). The molecule has 0 amide bonds. The lowest BCUT2D eigenvalue weighted by Gasteiger charge is -2.21. The summed E-state index contributed by atoms with van der Waals surface area (Å²) in [4.78, 5) is 22.2. The van der Waals surface area contributed by atoms with Crippen LogP contribution in [0.5, 0.6) is 0 Å². The molecule has 0 aliphatic heterocycles. The van der Waals surface area contributed by atoms with Crippen LogP contribution in [0, 0.1) is 11.3 Å². The Hall–Kier alpha value is -1.06. The highest BCUT2D eigenvalue weighted by molar-refractivity contribution is 7.46. The number of ether oxygens (including phenoxy) is 1. The summed E-state index contributed by atoms with van der Waals surface area (Å²) in [6.07, 6.45) is 1.21. The molecule has 0 heterocycles. The Morgan fingerprint density at radius 3 is 2.78 bits per heavy atom. The highest BCUT2D eigenvalue weighted by Crippen LogP contribution is 2.36. The van der Waals surface area contributed by atoms with Crippen LogP contribution in [-0.4, -0.2) is 50.9 Å². The first kappa shape index (κ1) is 20.0. The van der Waals surface area contributed by atoms with Crippen LogP contribution in [0.3, 0.4) is 0 Å². The predicted molar refractivity (Wildman–Crippen MR) is 87.8 cm³/mol. The third-order valence-electron chi connectivity index (χ3n) is 2.61. The maximum Gasteiger partial charge on any atom is 0.306 e. The number of aliphatic hydroxyl groups excluding tert-OH is 1. The van der Waals surface area contributed by atoms with Crippen molar-refractivity contribution < 1.29 is 29.9 Å².